The first kappa shape index (κ1) is 14.1. The van der Waals surface area contributed by atoms with Crippen LogP contribution >= 0.6 is 0 Å². The Bertz CT molecular complexity index is 566. The van der Waals surface area contributed by atoms with Crippen LogP contribution in [0.5, 0.6) is 0 Å². The predicted octanol–water partition coefficient (Wildman–Crippen LogP) is 3.88. The molecule has 1 aromatic heterocycles. The number of furan rings is 1. The van der Waals surface area contributed by atoms with E-state index in [-0.39, 0.29) is 5.91 Å². The Hall–Kier alpha value is -2.29. The number of hydrogen-bond acceptors (Lipinski definition) is 2. The molecule has 1 amide bonds. The van der Waals surface area contributed by atoms with Gasteiger partial charge in [-0.3, -0.25) is 4.79 Å². The zero-order chi connectivity index (χ0) is 14.4. The normalized spacial score (nSPS) is 11.2. The molecule has 3 heteroatoms. The van der Waals surface area contributed by atoms with Crippen LogP contribution in [-0.2, 0) is 6.54 Å². The van der Waals surface area contributed by atoms with Gasteiger partial charge < -0.3 is 9.73 Å². The molecule has 0 bridgehead atoms. The molecule has 2 aromatic rings. The quantitative estimate of drug-likeness (QED) is 0.895. The van der Waals surface area contributed by atoms with Gasteiger partial charge in [-0.05, 0) is 35.7 Å². The maximum absolute atomic E-state index is 11.9. The van der Waals surface area contributed by atoms with E-state index in [4.69, 9.17) is 4.42 Å². The topological polar surface area (TPSA) is 42.2 Å². The minimum atomic E-state index is -0.0965. The molecule has 20 heavy (non-hydrogen) atoms. The Kier molecular flexibility index (Phi) is 4.77. The fourth-order valence-corrected chi connectivity index (χ4v) is 1.73. The van der Waals surface area contributed by atoms with Crippen LogP contribution in [0.1, 0.15) is 35.5 Å². The van der Waals surface area contributed by atoms with Gasteiger partial charge in [0.05, 0.1) is 12.8 Å². The number of carbonyl (C=O) groups excluding carboxylic acids is 1. The van der Waals surface area contributed by atoms with E-state index in [2.05, 4.69) is 31.3 Å². The van der Waals surface area contributed by atoms with E-state index in [1.165, 1.54) is 0 Å². The number of allylic oxidation sites excluding steroid dienone is 1. The molecule has 1 aromatic carbocycles. The van der Waals surface area contributed by atoms with Gasteiger partial charge in [0.2, 0.25) is 0 Å². The molecule has 0 atom stereocenters. The van der Waals surface area contributed by atoms with E-state index >= 15 is 0 Å². The summed E-state index contributed by atoms with van der Waals surface area (Å²) in [5, 5.41) is 2.82. The van der Waals surface area contributed by atoms with Crippen LogP contribution < -0.4 is 5.32 Å². The number of benzene rings is 1. The SMILES string of the molecule is CC(C)C=Cc1ccc(C(=O)NCc2ccco2)cc1. The molecule has 0 saturated carbocycles. The molecule has 1 N–H and O–H groups in total. The third-order valence-electron chi connectivity index (χ3n) is 2.85. The Labute approximate surface area is 119 Å². The fraction of sp³-hybridized carbons (Fsp3) is 0.235. The summed E-state index contributed by atoms with van der Waals surface area (Å²) in [5.41, 5.74) is 1.75. The van der Waals surface area contributed by atoms with Crippen molar-refractivity contribution < 1.29 is 9.21 Å². The summed E-state index contributed by atoms with van der Waals surface area (Å²) in [6.45, 7) is 4.67. The molecule has 0 saturated heterocycles. The Balaban J connectivity index is 1.93. The Morgan fingerprint density at radius 3 is 2.60 bits per heavy atom. The molecular formula is C17H19NO2. The lowest BCUT2D eigenvalue weighted by molar-refractivity contribution is 0.0948. The van der Waals surface area contributed by atoms with Crippen LogP contribution in [0.15, 0.2) is 53.2 Å². The smallest absolute Gasteiger partial charge is 0.251 e. The largest absolute Gasteiger partial charge is 0.467 e. The molecule has 0 aliphatic rings. The van der Waals surface area contributed by atoms with Gasteiger partial charge in [-0.15, -0.1) is 0 Å². The first-order valence-electron chi connectivity index (χ1n) is 6.74. The van der Waals surface area contributed by atoms with Crippen molar-refractivity contribution in [1.29, 1.82) is 0 Å². The summed E-state index contributed by atoms with van der Waals surface area (Å²) in [5.74, 6) is 1.17. The third kappa shape index (κ3) is 4.12. The molecule has 0 aliphatic heterocycles. The zero-order valence-corrected chi connectivity index (χ0v) is 11.8. The van der Waals surface area contributed by atoms with Crippen LogP contribution in [0.3, 0.4) is 0 Å². The van der Waals surface area contributed by atoms with Gasteiger partial charge in [0.25, 0.3) is 5.91 Å². The molecule has 0 aliphatic carbocycles. The lowest BCUT2D eigenvalue weighted by Gasteiger charge is -2.04. The highest BCUT2D eigenvalue weighted by atomic mass is 16.3. The minimum absolute atomic E-state index is 0.0965. The van der Waals surface area contributed by atoms with Crippen molar-refractivity contribution in [1.82, 2.24) is 5.32 Å². The summed E-state index contributed by atoms with van der Waals surface area (Å²) in [6.07, 6.45) is 5.79. The maximum Gasteiger partial charge on any atom is 0.251 e. The van der Waals surface area contributed by atoms with Gasteiger partial charge in [0.15, 0.2) is 0 Å². The van der Waals surface area contributed by atoms with Crippen molar-refractivity contribution in [3.05, 3.63) is 65.6 Å². The van der Waals surface area contributed by atoms with Gasteiger partial charge in [-0.25, -0.2) is 0 Å². The summed E-state index contributed by atoms with van der Waals surface area (Å²) in [6, 6.07) is 11.2. The zero-order valence-electron chi connectivity index (χ0n) is 11.8. The number of carbonyl (C=O) groups is 1. The molecule has 3 nitrogen and oxygen atoms in total. The molecule has 0 fully saturated rings. The fourth-order valence-electron chi connectivity index (χ4n) is 1.73. The molecule has 1 heterocycles. The number of amides is 1. The average molecular weight is 269 g/mol. The van der Waals surface area contributed by atoms with Crippen LogP contribution in [0, 0.1) is 5.92 Å². The van der Waals surface area contributed by atoms with Gasteiger partial charge >= 0.3 is 0 Å². The highest BCUT2D eigenvalue weighted by molar-refractivity contribution is 5.94. The number of nitrogens with one attached hydrogen (secondary N) is 1. The Morgan fingerprint density at radius 1 is 1.25 bits per heavy atom. The number of rotatable bonds is 5. The van der Waals surface area contributed by atoms with Gasteiger partial charge in [-0.1, -0.05) is 38.1 Å². The maximum atomic E-state index is 11.9. The van der Waals surface area contributed by atoms with Crippen molar-refractivity contribution in [3.8, 4) is 0 Å². The summed E-state index contributed by atoms with van der Waals surface area (Å²) in [7, 11) is 0. The summed E-state index contributed by atoms with van der Waals surface area (Å²) < 4.78 is 5.17. The average Bonchev–Trinajstić information content (AvgIpc) is 2.96. The van der Waals surface area contributed by atoms with E-state index in [0.29, 0.717) is 18.0 Å². The van der Waals surface area contributed by atoms with Gasteiger partial charge in [-0.2, -0.15) is 0 Å². The molecule has 104 valence electrons. The van der Waals surface area contributed by atoms with E-state index in [9.17, 15) is 4.79 Å². The number of hydrogen-bond donors (Lipinski definition) is 1. The molecule has 2 rings (SSSR count). The van der Waals surface area contributed by atoms with Crippen LogP contribution in [0.25, 0.3) is 6.08 Å². The van der Waals surface area contributed by atoms with Crippen molar-refractivity contribution >= 4 is 12.0 Å². The predicted molar refractivity (Wildman–Crippen MR) is 80.2 cm³/mol. The monoisotopic (exact) mass is 269 g/mol. The van der Waals surface area contributed by atoms with E-state index in [1.807, 2.05) is 30.3 Å². The van der Waals surface area contributed by atoms with Crippen molar-refractivity contribution in [2.45, 2.75) is 20.4 Å². The second kappa shape index (κ2) is 6.75. The Morgan fingerprint density at radius 2 is 2.00 bits per heavy atom. The lowest BCUT2D eigenvalue weighted by Crippen LogP contribution is -2.22. The molecular weight excluding hydrogens is 250 g/mol. The summed E-state index contributed by atoms with van der Waals surface area (Å²) >= 11 is 0. The van der Waals surface area contributed by atoms with Crippen molar-refractivity contribution in [2.75, 3.05) is 0 Å². The third-order valence-corrected chi connectivity index (χ3v) is 2.85. The van der Waals surface area contributed by atoms with Crippen LogP contribution in [-0.4, -0.2) is 5.91 Å². The first-order chi connectivity index (χ1) is 9.65. The molecule has 0 radical (unpaired) electrons. The summed E-state index contributed by atoms with van der Waals surface area (Å²) in [4.78, 5) is 11.9. The second-order valence-electron chi connectivity index (χ2n) is 4.99. The van der Waals surface area contributed by atoms with Gasteiger partial charge in [0.1, 0.15) is 5.76 Å². The molecule has 0 spiro atoms. The first-order valence-corrected chi connectivity index (χ1v) is 6.74. The van der Waals surface area contributed by atoms with E-state index in [0.717, 1.165) is 11.3 Å². The van der Waals surface area contributed by atoms with Crippen molar-refractivity contribution in [2.24, 2.45) is 5.92 Å². The standard InChI is InChI=1S/C17H19NO2/c1-13(2)5-6-14-7-9-15(10-8-14)17(19)18-12-16-4-3-11-20-16/h3-11,13H,12H2,1-2H3,(H,18,19). The van der Waals surface area contributed by atoms with E-state index < -0.39 is 0 Å². The lowest BCUT2D eigenvalue weighted by atomic mass is 10.1. The van der Waals surface area contributed by atoms with Crippen molar-refractivity contribution in [3.63, 3.8) is 0 Å². The van der Waals surface area contributed by atoms with Crippen LogP contribution in [0.4, 0.5) is 0 Å². The van der Waals surface area contributed by atoms with Gasteiger partial charge in [0, 0.05) is 5.56 Å². The van der Waals surface area contributed by atoms with Crippen LogP contribution in [0.2, 0.25) is 0 Å². The highest BCUT2D eigenvalue weighted by Crippen LogP contribution is 2.08. The second-order valence-corrected chi connectivity index (χ2v) is 4.99. The molecule has 0 unspecified atom stereocenters. The highest BCUT2D eigenvalue weighted by Gasteiger charge is 2.05. The van der Waals surface area contributed by atoms with E-state index in [1.54, 1.807) is 12.3 Å². The minimum Gasteiger partial charge on any atom is -0.467 e.